The molecule has 0 bridgehead atoms. The lowest BCUT2D eigenvalue weighted by molar-refractivity contribution is -0.119. The summed E-state index contributed by atoms with van der Waals surface area (Å²) in [4.78, 5) is 35.8. The topological polar surface area (TPSA) is 99.2 Å². The number of carbonyl (C=O) groups is 2. The minimum atomic E-state index is -0.0702. The van der Waals surface area contributed by atoms with Crippen LogP contribution in [0.5, 0.6) is 0 Å². The van der Waals surface area contributed by atoms with Crippen molar-refractivity contribution in [3.05, 3.63) is 72.1 Å². The Bertz CT molecular complexity index is 1120. The largest absolute Gasteiger partial charge is 0.368 e. The monoisotopic (exact) mass is 530 g/mol. The first-order valence-electron chi connectivity index (χ1n) is 14.3. The zero-order valence-electron chi connectivity index (χ0n) is 23.1. The Balaban J connectivity index is 1.28. The fraction of sp³-hybridized carbons (Fsp3) is 0.484. The normalized spacial score (nSPS) is 18.2. The zero-order valence-corrected chi connectivity index (χ0v) is 23.1. The van der Waals surface area contributed by atoms with E-state index in [-0.39, 0.29) is 17.7 Å². The first-order chi connectivity index (χ1) is 19.0. The van der Waals surface area contributed by atoms with E-state index in [9.17, 15) is 9.59 Å². The minimum Gasteiger partial charge on any atom is -0.368 e. The summed E-state index contributed by atoms with van der Waals surface area (Å²) in [5.74, 6) is 2.51. The number of likely N-dealkylation sites (tertiary alicyclic amines) is 1. The number of benzene rings is 1. The Labute approximate surface area is 232 Å². The number of rotatable bonds is 11. The third-order valence-corrected chi connectivity index (χ3v) is 7.35. The van der Waals surface area contributed by atoms with Gasteiger partial charge in [0.05, 0.1) is 6.54 Å². The van der Waals surface area contributed by atoms with Gasteiger partial charge in [-0.15, -0.1) is 0 Å². The average molecular weight is 531 g/mol. The number of amides is 2. The van der Waals surface area contributed by atoms with Crippen molar-refractivity contribution in [2.24, 2.45) is 5.92 Å². The predicted octanol–water partition coefficient (Wildman–Crippen LogP) is 4.69. The van der Waals surface area contributed by atoms with Crippen molar-refractivity contribution >= 4 is 23.5 Å². The zero-order chi connectivity index (χ0) is 27.3. The van der Waals surface area contributed by atoms with Gasteiger partial charge in [0.15, 0.2) is 0 Å². The molecule has 1 aliphatic heterocycles. The van der Waals surface area contributed by atoms with Gasteiger partial charge in [0.2, 0.25) is 11.8 Å². The minimum absolute atomic E-state index is 0.0517. The molecule has 1 saturated heterocycles. The quantitative estimate of drug-likeness (QED) is 0.365. The standard InChI is InChI=1S/C31H42N6O2/c1-24(38)32-18-19-33-28-22-29(36-31(35-28)27-14-6-3-7-15-27)34-30(39)23-37-20-8-12-26(13-9-21-37)17-16-25-10-4-2-5-11-25/h2-7,10-11,14,22,26-27H,8-9,12-13,15-21,23H2,1H3,(H,32,38)(H2,33,34,35,36,39). The van der Waals surface area contributed by atoms with E-state index in [0.29, 0.717) is 37.1 Å². The smallest absolute Gasteiger partial charge is 0.239 e. The fourth-order valence-electron chi connectivity index (χ4n) is 5.30. The van der Waals surface area contributed by atoms with Crippen molar-refractivity contribution in [2.45, 2.75) is 57.8 Å². The van der Waals surface area contributed by atoms with E-state index in [0.717, 1.165) is 44.7 Å². The SMILES string of the molecule is CC(=O)NCCNc1cc(NC(=O)CN2CCCC(CCc3ccccc3)CCC2)nc(C2C=CC=CC2)n1. The fourth-order valence-corrected chi connectivity index (χ4v) is 5.30. The summed E-state index contributed by atoms with van der Waals surface area (Å²) in [5.41, 5.74) is 1.42. The molecule has 2 amide bonds. The summed E-state index contributed by atoms with van der Waals surface area (Å²) in [5, 5.41) is 9.03. The molecule has 2 aromatic rings. The molecule has 39 heavy (non-hydrogen) atoms. The lowest BCUT2D eigenvalue weighted by Crippen LogP contribution is -2.36. The Kier molecular flexibility index (Phi) is 11.1. The van der Waals surface area contributed by atoms with Crippen molar-refractivity contribution in [3.8, 4) is 0 Å². The highest BCUT2D eigenvalue weighted by Gasteiger charge is 2.19. The predicted molar refractivity (Wildman–Crippen MR) is 157 cm³/mol. The van der Waals surface area contributed by atoms with Crippen LogP contribution in [-0.4, -0.2) is 59.4 Å². The molecule has 1 aliphatic carbocycles. The van der Waals surface area contributed by atoms with Crippen LogP contribution in [-0.2, 0) is 16.0 Å². The van der Waals surface area contributed by atoms with Crippen LogP contribution in [0.1, 0.15) is 62.8 Å². The van der Waals surface area contributed by atoms with Crippen LogP contribution in [0.4, 0.5) is 11.6 Å². The van der Waals surface area contributed by atoms with Crippen molar-refractivity contribution in [1.82, 2.24) is 20.2 Å². The Morgan fingerprint density at radius 3 is 2.49 bits per heavy atom. The molecular formula is C31H42N6O2. The molecule has 0 saturated carbocycles. The molecule has 4 rings (SSSR count). The molecule has 3 N–H and O–H groups in total. The average Bonchev–Trinajstić information content (AvgIpc) is 2.93. The van der Waals surface area contributed by atoms with E-state index >= 15 is 0 Å². The van der Waals surface area contributed by atoms with Crippen molar-refractivity contribution < 1.29 is 9.59 Å². The van der Waals surface area contributed by atoms with E-state index in [1.807, 2.05) is 12.2 Å². The van der Waals surface area contributed by atoms with E-state index in [2.05, 4.69) is 73.3 Å². The van der Waals surface area contributed by atoms with Gasteiger partial charge in [-0.2, -0.15) is 0 Å². The van der Waals surface area contributed by atoms with Gasteiger partial charge >= 0.3 is 0 Å². The number of nitrogens with one attached hydrogen (secondary N) is 3. The first-order valence-corrected chi connectivity index (χ1v) is 14.3. The molecule has 0 radical (unpaired) electrons. The van der Waals surface area contributed by atoms with Gasteiger partial charge < -0.3 is 16.0 Å². The van der Waals surface area contributed by atoms with Crippen LogP contribution in [0.3, 0.4) is 0 Å². The summed E-state index contributed by atoms with van der Waals surface area (Å²) < 4.78 is 0. The van der Waals surface area contributed by atoms with Gasteiger partial charge in [-0.25, -0.2) is 9.97 Å². The van der Waals surface area contributed by atoms with Crippen molar-refractivity contribution in [2.75, 3.05) is 43.4 Å². The summed E-state index contributed by atoms with van der Waals surface area (Å²) in [6.45, 7) is 4.77. The highest BCUT2D eigenvalue weighted by molar-refractivity contribution is 5.91. The molecule has 1 fully saturated rings. The molecule has 2 heterocycles. The lowest BCUT2D eigenvalue weighted by atomic mass is 9.90. The van der Waals surface area contributed by atoms with Crippen LogP contribution in [0.2, 0.25) is 0 Å². The summed E-state index contributed by atoms with van der Waals surface area (Å²) in [6.07, 6.45) is 16.1. The number of hydrogen-bond donors (Lipinski definition) is 3. The third kappa shape index (κ3) is 9.94. The van der Waals surface area contributed by atoms with E-state index in [1.54, 1.807) is 6.07 Å². The molecule has 2 aliphatic rings. The van der Waals surface area contributed by atoms with E-state index < -0.39 is 0 Å². The van der Waals surface area contributed by atoms with Gasteiger partial charge in [-0.3, -0.25) is 14.5 Å². The molecule has 1 aromatic heterocycles. The van der Waals surface area contributed by atoms with Gasteiger partial charge in [-0.05, 0) is 69.5 Å². The van der Waals surface area contributed by atoms with Crippen molar-refractivity contribution in [1.29, 1.82) is 0 Å². The molecule has 1 unspecified atom stereocenters. The number of aryl methyl sites for hydroxylation is 1. The number of allylic oxidation sites excluding steroid dienone is 4. The summed E-state index contributed by atoms with van der Waals surface area (Å²) in [7, 11) is 0. The van der Waals surface area contributed by atoms with Gasteiger partial charge in [-0.1, -0.05) is 54.6 Å². The maximum absolute atomic E-state index is 13.0. The van der Waals surface area contributed by atoms with Crippen LogP contribution < -0.4 is 16.0 Å². The second-order valence-electron chi connectivity index (χ2n) is 10.6. The van der Waals surface area contributed by atoms with Gasteiger partial charge in [0, 0.05) is 32.0 Å². The highest BCUT2D eigenvalue weighted by Crippen LogP contribution is 2.25. The molecule has 8 heteroatoms. The Morgan fingerprint density at radius 1 is 1.00 bits per heavy atom. The molecular weight excluding hydrogens is 488 g/mol. The van der Waals surface area contributed by atoms with Gasteiger partial charge in [0.25, 0.3) is 0 Å². The molecule has 1 aromatic carbocycles. The summed E-state index contributed by atoms with van der Waals surface area (Å²) in [6, 6.07) is 12.5. The number of hydrogen-bond acceptors (Lipinski definition) is 6. The highest BCUT2D eigenvalue weighted by atomic mass is 16.2. The number of nitrogens with zero attached hydrogens (tertiary/aromatic N) is 3. The van der Waals surface area contributed by atoms with Crippen molar-refractivity contribution in [3.63, 3.8) is 0 Å². The second kappa shape index (κ2) is 15.2. The second-order valence-corrected chi connectivity index (χ2v) is 10.6. The number of carbonyl (C=O) groups excluding carboxylic acids is 2. The number of anilines is 2. The third-order valence-electron chi connectivity index (χ3n) is 7.35. The van der Waals surface area contributed by atoms with Crippen LogP contribution in [0.25, 0.3) is 0 Å². The molecule has 208 valence electrons. The Hall–Kier alpha value is -3.52. The lowest BCUT2D eigenvalue weighted by Gasteiger charge is -2.27. The molecule has 1 atom stereocenters. The maximum Gasteiger partial charge on any atom is 0.239 e. The maximum atomic E-state index is 13.0. The molecule has 8 nitrogen and oxygen atoms in total. The van der Waals surface area contributed by atoms with Crippen LogP contribution in [0.15, 0.2) is 60.7 Å². The Morgan fingerprint density at radius 2 is 1.77 bits per heavy atom. The first kappa shape index (κ1) is 28.5. The molecule has 0 spiro atoms. The number of aromatic nitrogens is 2. The van der Waals surface area contributed by atoms with E-state index in [4.69, 9.17) is 0 Å². The van der Waals surface area contributed by atoms with Crippen LogP contribution >= 0.6 is 0 Å². The van der Waals surface area contributed by atoms with Gasteiger partial charge in [0.1, 0.15) is 17.5 Å². The summed E-state index contributed by atoms with van der Waals surface area (Å²) >= 11 is 0. The van der Waals surface area contributed by atoms with Crippen LogP contribution in [0, 0.1) is 5.92 Å². The van der Waals surface area contributed by atoms with E-state index in [1.165, 1.54) is 31.7 Å².